The number of aliphatic hydroxyl groups is 1. The molecule has 2 saturated heterocycles. The maximum Gasteiger partial charge on any atom is 0.295 e. The molecule has 168 valence electrons. The molecular formula is C24H27N3O5. The summed E-state index contributed by atoms with van der Waals surface area (Å²) in [5.41, 5.74) is 1.24. The number of hydrogen-bond acceptors (Lipinski definition) is 7. The molecule has 4 rings (SSSR count). The Morgan fingerprint density at radius 1 is 1.16 bits per heavy atom. The highest BCUT2D eigenvalue weighted by Crippen LogP contribution is 2.39. The van der Waals surface area contributed by atoms with E-state index >= 15 is 0 Å². The summed E-state index contributed by atoms with van der Waals surface area (Å²) in [5.74, 6) is -0.939. The van der Waals surface area contributed by atoms with Crippen LogP contribution in [0, 0.1) is 0 Å². The molecule has 2 fully saturated rings. The van der Waals surface area contributed by atoms with Crippen molar-refractivity contribution in [2.24, 2.45) is 0 Å². The Bertz CT molecular complexity index is 1000. The molecule has 1 amide bonds. The molecule has 2 aliphatic heterocycles. The summed E-state index contributed by atoms with van der Waals surface area (Å²) in [4.78, 5) is 33.9. The zero-order valence-corrected chi connectivity index (χ0v) is 18.1. The van der Waals surface area contributed by atoms with Crippen LogP contribution in [-0.2, 0) is 14.3 Å². The molecule has 1 aromatic carbocycles. The van der Waals surface area contributed by atoms with Gasteiger partial charge in [-0.2, -0.15) is 0 Å². The highest BCUT2D eigenvalue weighted by Gasteiger charge is 2.45. The van der Waals surface area contributed by atoms with Crippen LogP contribution >= 0.6 is 0 Å². The molecule has 1 atom stereocenters. The van der Waals surface area contributed by atoms with Crippen LogP contribution in [-0.4, -0.2) is 78.1 Å². The predicted octanol–water partition coefficient (Wildman–Crippen LogP) is 2.23. The second kappa shape index (κ2) is 9.93. The normalized spacial score (nSPS) is 21.2. The first kappa shape index (κ1) is 22.0. The third kappa shape index (κ3) is 4.51. The number of ether oxygens (including phenoxy) is 2. The molecule has 0 saturated carbocycles. The Labute approximate surface area is 187 Å². The zero-order valence-electron chi connectivity index (χ0n) is 18.1. The van der Waals surface area contributed by atoms with E-state index in [4.69, 9.17) is 9.47 Å². The van der Waals surface area contributed by atoms with Crippen LogP contribution in [0.2, 0.25) is 0 Å². The number of Topliss-reactive ketones (excluding diaryl/α,β-unsaturated/α-hetero) is 1. The minimum absolute atomic E-state index is 0.0841. The molecule has 0 spiro atoms. The first-order valence-electron chi connectivity index (χ1n) is 10.7. The van der Waals surface area contributed by atoms with Gasteiger partial charge in [-0.1, -0.05) is 12.1 Å². The van der Waals surface area contributed by atoms with Crippen molar-refractivity contribution in [3.8, 4) is 5.75 Å². The van der Waals surface area contributed by atoms with Crippen molar-refractivity contribution < 1.29 is 24.2 Å². The van der Waals surface area contributed by atoms with Crippen molar-refractivity contribution in [3.05, 3.63) is 65.5 Å². The molecule has 2 aliphatic rings. The van der Waals surface area contributed by atoms with Crippen molar-refractivity contribution in [1.29, 1.82) is 0 Å². The first-order valence-corrected chi connectivity index (χ1v) is 10.7. The SMILES string of the molecule is COc1cccc(/C(O)=C2\C(=O)C(=O)N(CCCN3CCOCC3)C2c2ccncc2)c1. The summed E-state index contributed by atoms with van der Waals surface area (Å²) in [6, 6.07) is 9.68. The van der Waals surface area contributed by atoms with Gasteiger partial charge in [-0.25, -0.2) is 0 Å². The summed E-state index contributed by atoms with van der Waals surface area (Å²) >= 11 is 0. The van der Waals surface area contributed by atoms with E-state index in [1.54, 1.807) is 53.7 Å². The standard InChI is InChI=1S/C24H27N3O5/c1-31-19-5-2-4-18(16-19)22(28)20-21(17-6-8-25-9-7-17)27(24(30)23(20)29)11-3-10-26-12-14-32-15-13-26/h2,4-9,16,21,28H,3,10-15H2,1H3/b22-20+. The Hall–Kier alpha value is -3.23. The fourth-order valence-electron chi connectivity index (χ4n) is 4.22. The smallest absolute Gasteiger partial charge is 0.295 e. The van der Waals surface area contributed by atoms with E-state index in [1.807, 2.05) is 0 Å². The number of rotatable bonds is 7. The maximum absolute atomic E-state index is 13.1. The summed E-state index contributed by atoms with van der Waals surface area (Å²) in [5, 5.41) is 11.1. The Kier molecular flexibility index (Phi) is 6.82. The average molecular weight is 437 g/mol. The molecule has 2 aromatic rings. The minimum Gasteiger partial charge on any atom is -0.507 e. The van der Waals surface area contributed by atoms with Gasteiger partial charge in [0.25, 0.3) is 11.7 Å². The van der Waals surface area contributed by atoms with Crippen molar-refractivity contribution in [2.45, 2.75) is 12.5 Å². The third-order valence-electron chi connectivity index (χ3n) is 5.88. The third-order valence-corrected chi connectivity index (χ3v) is 5.88. The van der Waals surface area contributed by atoms with Gasteiger partial charge in [-0.15, -0.1) is 0 Å². The van der Waals surface area contributed by atoms with Crippen LogP contribution in [0.3, 0.4) is 0 Å². The lowest BCUT2D eigenvalue weighted by Crippen LogP contribution is -2.38. The number of benzene rings is 1. The van der Waals surface area contributed by atoms with Gasteiger partial charge in [0.2, 0.25) is 0 Å². The van der Waals surface area contributed by atoms with Gasteiger partial charge in [0.1, 0.15) is 11.5 Å². The highest BCUT2D eigenvalue weighted by molar-refractivity contribution is 6.46. The lowest BCUT2D eigenvalue weighted by atomic mass is 9.96. The van der Waals surface area contributed by atoms with Crippen LogP contribution in [0.1, 0.15) is 23.6 Å². The van der Waals surface area contributed by atoms with E-state index in [2.05, 4.69) is 9.88 Å². The molecule has 1 aromatic heterocycles. The lowest BCUT2D eigenvalue weighted by molar-refractivity contribution is -0.140. The number of morpholine rings is 1. The fourth-order valence-corrected chi connectivity index (χ4v) is 4.22. The van der Waals surface area contributed by atoms with E-state index in [-0.39, 0.29) is 11.3 Å². The number of aromatic nitrogens is 1. The van der Waals surface area contributed by atoms with Crippen molar-refractivity contribution in [2.75, 3.05) is 46.5 Å². The number of ketones is 1. The van der Waals surface area contributed by atoms with E-state index in [0.717, 1.165) is 25.2 Å². The number of nitrogens with zero attached hydrogens (tertiary/aromatic N) is 3. The van der Waals surface area contributed by atoms with Crippen LogP contribution in [0.5, 0.6) is 5.75 Å². The minimum atomic E-state index is -0.682. The topological polar surface area (TPSA) is 92.2 Å². The molecule has 0 aliphatic carbocycles. The van der Waals surface area contributed by atoms with Gasteiger partial charge in [-0.3, -0.25) is 19.5 Å². The number of methoxy groups -OCH3 is 1. The monoisotopic (exact) mass is 437 g/mol. The number of pyridine rings is 1. The highest BCUT2D eigenvalue weighted by atomic mass is 16.5. The number of likely N-dealkylation sites (tertiary alicyclic amines) is 1. The second-order valence-electron chi connectivity index (χ2n) is 7.81. The lowest BCUT2D eigenvalue weighted by Gasteiger charge is -2.29. The van der Waals surface area contributed by atoms with Gasteiger partial charge in [0.05, 0.1) is 31.9 Å². The summed E-state index contributed by atoms with van der Waals surface area (Å²) in [6.07, 6.45) is 3.96. The van der Waals surface area contributed by atoms with Crippen LogP contribution in [0.25, 0.3) is 5.76 Å². The number of hydrogen-bond donors (Lipinski definition) is 1. The Balaban J connectivity index is 1.65. The van der Waals surface area contributed by atoms with Gasteiger partial charge in [0, 0.05) is 44.1 Å². The second-order valence-corrected chi connectivity index (χ2v) is 7.81. The van der Waals surface area contributed by atoms with E-state index in [1.165, 1.54) is 7.11 Å². The zero-order chi connectivity index (χ0) is 22.5. The molecule has 3 heterocycles. The summed E-state index contributed by atoms with van der Waals surface area (Å²) in [7, 11) is 1.53. The summed E-state index contributed by atoms with van der Waals surface area (Å²) < 4.78 is 10.6. The molecule has 1 unspecified atom stereocenters. The largest absolute Gasteiger partial charge is 0.507 e. The predicted molar refractivity (Wildman–Crippen MR) is 118 cm³/mol. The van der Waals surface area contributed by atoms with Crippen LogP contribution < -0.4 is 4.74 Å². The molecule has 8 nitrogen and oxygen atoms in total. The number of carbonyl (C=O) groups excluding carboxylic acids is 2. The molecule has 0 radical (unpaired) electrons. The Morgan fingerprint density at radius 2 is 1.91 bits per heavy atom. The van der Waals surface area contributed by atoms with Crippen LogP contribution in [0.15, 0.2) is 54.4 Å². The van der Waals surface area contributed by atoms with Crippen LogP contribution in [0.4, 0.5) is 0 Å². The average Bonchev–Trinajstić information content (AvgIpc) is 3.10. The molecular weight excluding hydrogens is 410 g/mol. The summed E-state index contributed by atoms with van der Waals surface area (Å²) in [6.45, 7) is 4.37. The van der Waals surface area contributed by atoms with Gasteiger partial charge >= 0.3 is 0 Å². The Morgan fingerprint density at radius 3 is 2.62 bits per heavy atom. The maximum atomic E-state index is 13.1. The van der Waals surface area contributed by atoms with E-state index in [9.17, 15) is 14.7 Å². The molecule has 8 heteroatoms. The molecule has 32 heavy (non-hydrogen) atoms. The van der Waals surface area contributed by atoms with Crippen molar-refractivity contribution in [1.82, 2.24) is 14.8 Å². The van der Waals surface area contributed by atoms with Gasteiger partial charge in [-0.05, 0) is 36.2 Å². The number of carbonyl (C=O) groups is 2. The molecule has 0 bridgehead atoms. The van der Waals surface area contributed by atoms with Gasteiger partial charge in [0.15, 0.2) is 0 Å². The van der Waals surface area contributed by atoms with Gasteiger partial charge < -0.3 is 19.5 Å². The molecule has 1 N–H and O–H groups in total. The van der Waals surface area contributed by atoms with Crippen molar-refractivity contribution in [3.63, 3.8) is 0 Å². The number of aliphatic hydroxyl groups excluding tert-OH is 1. The fraction of sp³-hybridized carbons (Fsp3) is 0.375. The first-order chi connectivity index (χ1) is 15.6. The van der Waals surface area contributed by atoms with E-state index in [0.29, 0.717) is 37.5 Å². The van der Waals surface area contributed by atoms with Crippen molar-refractivity contribution >= 4 is 17.4 Å². The number of amides is 1. The quantitative estimate of drug-likeness (QED) is 0.403. The van der Waals surface area contributed by atoms with E-state index < -0.39 is 17.7 Å².